The number of amides is 3. The molecule has 0 spiro atoms. The number of nitrogens with one attached hydrogen (secondary N) is 1. The van der Waals surface area contributed by atoms with Gasteiger partial charge in [0.25, 0.3) is 0 Å². The Hall–Kier alpha value is -1.52. The molecule has 0 bridgehead atoms. The highest BCUT2D eigenvalue weighted by Crippen LogP contribution is 2.31. The Morgan fingerprint density at radius 1 is 1.25 bits per heavy atom. The molecular formula is C15H25N3O2. The van der Waals surface area contributed by atoms with E-state index in [4.69, 9.17) is 0 Å². The van der Waals surface area contributed by atoms with Crippen LogP contribution in [-0.4, -0.2) is 54.0 Å². The van der Waals surface area contributed by atoms with Gasteiger partial charge in [0.15, 0.2) is 0 Å². The summed E-state index contributed by atoms with van der Waals surface area (Å²) in [6.45, 7) is 8.45. The van der Waals surface area contributed by atoms with Gasteiger partial charge in [-0.15, -0.1) is 6.58 Å². The van der Waals surface area contributed by atoms with Crippen molar-refractivity contribution in [1.82, 2.24) is 15.1 Å². The van der Waals surface area contributed by atoms with Gasteiger partial charge in [0, 0.05) is 38.1 Å². The quantitative estimate of drug-likeness (QED) is 0.795. The average molecular weight is 279 g/mol. The van der Waals surface area contributed by atoms with E-state index in [1.54, 1.807) is 0 Å². The van der Waals surface area contributed by atoms with E-state index in [1.165, 1.54) is 0 Å². The van der Waals surface area contributed by atoms with Crippen LogP contribution in [0.1, 0.15) is 32.6 Å². The minimum Gasteiger partial charge on any atom is -0.341 e. The number of carbonyl (C=O) groups excluding carboxylic acids is 2. The zero-order chi connectivity index (χ0) is 14.5. The van der Waals surface area contributed by atoms with Crippen molar-refractivity contribution in [2.75, 3.05) is 26.2 Å². The Morgan fingerprint density at radius 3 is 2.55 bits per heavy atom. The fourth-order valence-electron chi connectivity index (χ4n) is 2.54. The van der Waals surface area contributed by atoms with E-state index in [1.807, 2.05) is 22.8 Å². The third-order valence-electron chi connectivity index (χ3n) is 3.91. The summed E-state index contributed by atoms with van der Waals surface area (Å²) >= 11 is 0. The molecule has 0 aromatic carbocycles. The van der Waals surface area contributed by atoms with Gasteiger partial charge in [0.05, 0.1) is 0 Å². The van der Waals surface area contributed by atoms with Gasteiger partial charge in [0.1, 0.15) is 0 Å². The molecule has 1 saturated carbocycles. The summed E-state index contributed by atoms with van der Waals surface area (Å²) in [6.07, 6.45) is 5.52. The molecule has 3 amide bonds. The minimum atomic E-state index is -0.0277. The smallest absolute Gasteiger partial charge is 0.317 e. The van der Waals surface area contributed by atoms with Crippen molar-refractivity contribution < 1.29 is 9.59 Å². The van der Waals surface area contributed by atoms with Gasteiger partial charge < -0.3 is 15.1 Å². The van der Waals surface area contributed by atoms with Crippen molar-refractivity contribution in [3.63, 3.8) is 0 Å². The molecule has 0 aromatic heterocycles. The molecule has 1 N–H and O–H groups in total. The molecule has 1 aliphatic heterocycles. The molecule has 5 nitrogen and oxygen atoms in total. The summed E-state index contributed by atoms with van der Waals surface area (Å²) in [4.78, 5) is 27.9. The molecule has 0 aromatic rings. The van der Waals surface area contributed by atoms with E-state index in [0.29, 0.717) is 13.1 Å². The summed E-state index contributed by atoms with van der Waals surface area (Å²) < 4.78 is 0. The minimum absolute atomic E-state index is 0.0277. The second-order valence-corrected chi connectivity index (χ2v) is 5.82. The van der Waals surface area contributed by atoms with Crippen molar-refractivity contribution >= 4 is 11.9 Å². The Labute approximate surface area is 121 Å². The average Bonchev–Trinajstić information content (AvgIpc) is 3.24. The van der Waals surface area contributed by atoms with Crippen molar-refractivity contribution in [2.24, 2.45) is 5.92 Å². The first-order chi connectivity index (χ1) is 9.61. The maximum absolute atomic E-state index is 12.1. The number of rotatable bonds is 4. The van der Waals surface area contributed by atoms with E-state index >= 15 is 0 Å². The lowest BCUT2D eigenvalue weighted by Gasteiger charge is -2.24. The van der Waals surface area contributed by atoms with Gasteiger partial charge >= 0.3 is 6.03 Å². The van der Waals surface area contributed by atoms with Gasteiger partial charge in [-0.25, -0.2) is 4.79 Å². The first kappa shape index (κ1) is 14.9. The molecule has 2 rings (SSSR count). The molecule has 1 atom stereocenters. The van der Waals surface area contributed by atoms with Gasteiger partial charge in [-0.05, 0) is 32.6 Å². The number of nitrogens with zero attached hydrogens (tertiary/aromatic N) is 2. The zero-order valence-corrected chi connectivity index (χ0v) is 12.3. The van der Waals surface area contributed by atoms with Crippen molar-refractivity contribution in [3.05, 3.63) is 12.7 Å². The summed E-state index contributed by atoms with van der Waals surface area (Å²) in [5.74, 6) is 0.551. The van der Waals surface area contributed by atoms with Crippen LogP contribution in [0, 0.1) is 5.92 Å². The predicted octanol–water partition coefficient (Wildman–Crippen LogP) is 1.60. The van der Waals surface area contributed by atoms with Gasteiger partial charge in [-0.3, -0.25) is 4.79 Å². The molecule has 2 fully saturated rings. The standard InChI is InChI=1S/C15H25N3O2/c1-3-5-12(2)16-15(20)18-9-4-8-17(10-11-18)14(19)13-6-7-13/h3,12-13H,1,4-11H2,2H3,(H,16,20). The zero-order valence-electron chi connectivity index (χ0n) is 12.3. The molecular weight excluding hydrogens is 254 g/mol. The largest absolute Gasteiger partial charge is 0.341 e. The molecule has 1 unspecified atom stereocenters. The number of carbonyl (C=O) groups is 2. The second-order valence-electron chi connectivity index (χ2n) is 5.82. The SMILES string of the molecule is C=CCC(C)NC(=O)N1CCCN(C(=O)C2CC2)CC1. The summed E-state index contributed by atoms with van der Waals surface area (Å²) in [6, 6.07) is 0.0764. The highest BCUT2D eigenvalue weighted by molar-refractivity contribution is 5.81. The molecule has 1 heterocycles. The third-order valence-corrected chi connectivity index (χ3v) is 3.91. The van der Waals surface area contributed by atoms with E-state index in [2.05, 4.69) is 11.9 Å². The van der Waals surface area contributed by atoms with Crippen LogP contribution in [0.2, 0.25) is 0 Å². The highest BCUT2D eigenvalue weighted by atomic mass is 16.2. The third kappa shape index (κ3) is 3.99. The molecule has 5 heteroatoms. The van der Waals surface area contributed by atoms with Crippen LogP contribution < -0.4 is 5.32 Å². The van der Waals surface area contributed by atoms with Crippen molar-refractivity contribution in [2.45, 2.75) is 38.6 Å². The number of hydrogen-bond donors (Lipinski definition) is 1. The van der Waals surface area contributed by atoms with E-state index < -0.39 is 0 Å². The molecule has 2 aliphatic rings. The maximum atomic E-state index is 12.1. The van der Waals surface area contributed by atoms with Crippen LogP contribution in [0.15, 0.2) is 12.7 Å². The normalized spacial score (nSPS) is 21.1. The lowest BCUT2D eigenvalue weighted by molar-refractivity contribution is -0.132. The van der Waals surface area contributed by atoms with Gasteiger partial charge in [0.2, 0.25) is 5.91 Å². The van der Waals surface area contributed by atoms with E-state index in [0.717, 1.165) is 38.8 Å². The maximum Gasteiger partial charge on any atom is 0.317 e. The predicted molar refractivity (Wildman–Crippen MR) is 78.3 cm³/mol. The Bertz CT molecular complexity index is 379. The fourth-order valence-corrected chi connectivity index (χ4v) is 2.54. The first-order valence-electron chi connectivity index (χ1n) is 7.57. The monoisotopic (exact) mass is 279 g/mol. The number of urea groups is 1. The summed E-state index contributed by atoms with van der Waals surface area (Å²) in [5.41, 5.74) is 0. The van der Waals surface area contributed by atoms with Crippen molar-refractivity contribution in [3.8, 4) is 0 Å². The second kappa shape index (κ2) is 6.77. The molecule has 1 saturated heterocycles. The molecule has 112 valence electrons. The van der Waals surface area contributed by atoms with Crippen LogP contribution in [0.25, 0.3) is 0 Å². The van der Waals surface area contributed by atoms with Crippen LogP contribution in [-0.2, 0) is 4.79 Å². The molecule has 0 radical (unpaired) electrons. The van der Waals surface area contributed by atoms with Crippen LogP contribution in [0.3, 0.4) is 0 Å². The van der Waals surface area contributed by atoms with E-state index in [9.17, 15) is 9.59 Å². The fraction of sp³-hybridized carbons (Fsp3) is 0.733. The van der Waals surface area contributed by atoms with Gasteiger partial charge in [-0.1, -0.05) is 6.08 Å². The van der Waals surface area contributed by atoms with Crippen molar-refractivity contribution in [1.29, 1.82) is 0 Å². The first-order valence-corrected chi connectivity index (χ1v) is 7.57. The van der Waals surface area contributed by atoms with Crippen LogP contribution in [0.5, 0.6) is 0 Å². The Morgan fingerprint density at radius 2 is 1.90 bits per heavy atom. The lowest BCUT2D eigenvalue weighted by atomic mass is 10.2. The summed E-state index contributed by atoms with van der Waals surface area (Å²) in [7, 11) is 0. The Balaban J connectivity index is 1.80. The highest BCUT2D eigenvalue weighted by Gasteiger charge is 2.34. The van der Waals surface area contributed by atoms with E-state index in [-0.39, 0.29) is 23.9 Å². The van der Waals surface area contributed by atoms with Crippen LogP contribution in [0.4, 0.5) is 4.79 Å². The summed E-state index contributed by atoms with van der Waals surface area (Å²) in [5, 5.41) is 2.97. The number of hydrogen-bond acceptors (Lipinski definition) is 2. The molecule has 20 heavy (non-hydrogen) atoms. The Kier molecular flexibility index (Phi) is 5.04. The molecule has 1 aliphatic carbocycles. The lowest BCUT2D eigenvalue weighted by Crippen LogP contribution is -2.45. The van der Waals surface area contributed by atoms with Crippen LogP contribution >= 0.6 is 0 Å². The topological polar surface area (TPSA) is 52.7 Å². The van der Waals surface area contributed by atoms with Gasteiger partial charge in [-0.2, -0.15) is 0 Å².